The lowest BCUT2D eigenvalue weighted by atomic mass is 10.0. The molecular formula is C24H28N6O4. The lowest BCUT2D eigenvalue weighted by molar-refractivity contribution is -0.385. The molecule has 178 valence electrons. The quantitative estimate of drug-likeness (QED) is 0.402. The number of amides is 2. The molecule has 0 aliphatic carbocycles. The van der Waals surface area contributed by atoms with E-state index < -0.39 is 21.9 Å². The van der Waals surface area contributed by atoms with Gasteiger partial charge in [0.1, 0.15) is 16.6 Å². The van der Waals surface area contributed by atoms with Gasteiger partial charge in [-0.05, 0) is 45.9 Å². The van der Waals surface area contributed by atoms with Crippen molar-refractivity contribution in [3.05, 3.63) is 69.8 Å². The van der Waals surface area contributed by atoms with E-state index in [4.69, 9.17) is 16.3 Å². The Morgan fingerprint density at radius 1 is 0.853 bits per heavy atom. The standard InChI is InChI=1S/C12H13N3O3.C12H15N3O/c1-12(2,8-13)14(3)11(16)9-6-4-5-7-10(9)15(17)18;1-12(2,8-13)15(3)11(16)9-6-4-5-7-10(9)14/h4-7H,1-3H3;4-7H,14H2,1-3H3. The fraction of sp³-hybridized carbons (Fsp3) is 0.333. The summed E-state index contributed by atoms with van der Waals surface area (Å²) >= 11 is 0. The van der Waals surface area contributed by atoms with E-state index in [1.54, 1.807) is 65.1 Å². The number of nitrogens with zero attached hydrogens (tertiary/aromatic N) is 5. The Bertz CT molecular complexity index is 1160. The van der Waals surface area contributed by atoms with Crippen LogP contribution in [-0.4, -0.2) is 51.7 Å². The van der Waals surface area contributed by atoms with Crippen LogP contribution in [0.15, 0.2) is 48.5 Å². The predicted molar refractivity (Wildman–Crippen MR) is 128 cm³/mol. The van der Waals surface area contributed by atoms with Crippen molar-refractivity contribution >= 4 is 23.2 Å². The smallest absolute Gasteiger partial charge is 0.282 e. The summed E-state index contributed by atoms with van der Waals surface area (Å²) in [5, 5.41) is 28.8. The molecule has 2 amide bonds. The number of benzene rings is 2. The average molecular weight is 465 g/mol. The maximum Gasteiger partial charge on any atom is 0.282 e. The van der Waals surface area contributed by atoms with Crippen LogP contribution < -0.4 is 5.73 Å². The Kier molecular flexibility index (Phi) is 8.87. The van der Waals surface area contributed by atoms with E-state index in [0.29, 0.717) is 11.3 Å². The number of nitro benzene ring substituents is 1. The summed E-state index contributed by atoms with van der Waals surface area (Å²) in [7, 11) is 3.04. The van der Waals surface area contributed by atoms with Gasteiger partial charge >= 0.3 is 0 Å². The van der Waals surface area contributed by atoms with Crippen molar-refractivity contribution in [3.8, 4) is 12.1 Å². The first-order valence-corrected chi connectivity index (χ1v) is 10.2. The molecule has 0 unspecified atom stereocenters. The number of para-hydroxylation sites is 2. The third kappa shape index (κ3) is 6.30. The number of nitriles is 2. The van der Waals surface area contributed by atoms with Gasteiger partial charge in [0.25, 0.3) is 17.5 Å². The highest BCUT2D eigenvalue weighted by molar-refractivity contribution is 5.99. The van der Waals surface area contributed by atoms with Gasteiger partial charge in [0.05, 0.1) is 22.6 Å². The van der Waals surface area contributed by atoms with Crippen LogP contribution in [-0.2, 0) is 0 Å². The average Bonchev–Trinajstić information content (AvgIpc) is 2.82. The molecule has 0 bridgehead atoms. The third-order valence-electron chi connectivity index (χ3n) is 5.36. The second-order valence-corrected chi connectivity index (χ2v) is 8.43. The Morgan fingerprint density at radius 3 is 1.65 bits per heavy atom. The van der Waals surface area contributed by atoms with Crippen LogP contribution in [0.3, 0.4) is 0 Å². The predicted octanol–water partition coefficient (Wildman–Crippen LogP) is 3.61. The summed E-state index contributed by atoms with van der Waals surface area (Å²) in [6, 6.07) is 16.6. The van der Waals surface area contributed by atoms with Crippen LogP contribution in [0.25, 0.3) is 0 Å². The Balaban J connectivity index is 0.000000342. The normalized spacial score (nSPS) is 10.6. The molecule has 0 spiro atoms. The molecule has 10 nitrogen and oxygen atoms in total. The fourth-order valence-electron chi connectivity index (χ4n) is 2.52. The molecule has 34 heavy (non-hydrogen) atoms. The minimum atomic E-state index is -1.03. The first-order valence-electron chi connectivity index (χ1n) is 10.2. The minimum absolute atomic E-state index is 0.0201. The van der Waals surface area contributed by atoms with Gasteiger partial charge in [0, 0.05) is 25.8 Å². The van der Waals surface area contributed by atoms with Gasteiger partial charge in [-0.1, -0.05) is 24.3 Å². The van der Waals surface area contributed by atoms with Gasteiger partial charge < -0.3 is 15.5 Å². The molecule has 0 aliphatic rings. The van der Waals surface area contributed by atoms with Gasteiger partial charge in [-0.25, -0.2) is 0 Å². The molecular weight excluding hydrogens is 436 g/mol. The van der Waals surface area contributed by atoms with Crippen molar-refractivity contribution in [2.75, 3.05) is 19.8 Å². The second-order valence-electron chi connectivity index (χ2n) is 8.43. The van der Waals surface area contributed by atoms with Gasteiger partial charge in [0.15, 0.2) is 0 Å². The van der Waals surface area contributed by atoms with E-state index >= 15 is 0 Å². The topological polar surface area (TPSA) is 157 Å². The first-order chi connectivity index (χ1) is 15.7. The number of hydrogen-bond acceptors (Lipinski definition) is 7. The summed E-state index contributed by atoms with van der Waals surface area (Å²) < 4.78 is 0. The number of carbonyl (C=O) groups excluding carboxylic acids is 2. The highest BCUT2D eigenvalue weighted by atomic mass is 16.6. The molecule has 2 aromatic carbocycles. The number of hydrogen-bond donors (Lipinski definition) is 1. The monoisotopic (exact) mass is 464 g/mol. The zero-order chi connectivity index (χ0) is 26.3. The highest BCUT2D eigenvalue weighted by Crippen LogP contribution is 2.22. The van der Waals surface area contributed by atoms with Gasteiger partial charge in [-0.3, -0.25) is 19.7 Å². The molecule has 0 saturated carbocycles. The number of nitro groups is 1. The molecule has 0 aliphatic heterocycles. The van der Waals surface area contributed by atoms with Crippen LogP contribution in [0.1, 0.15) is 48.4 Å². The number of rotatable bonds is 5. The molecule has 2 rings (SSSR count). The zero-order valence-electron chi connectivity index (χ0n) is 20.1. The summed E-state index contributed by atoms with van der Waals surface area (Å²) in [5.74, 6) is -0.793. The van der Waals surface area contributed by atoms with Crippen molar-refractivity contribution in [2.45, 2.75) is 38.8 Å². The van der Waals surface area contributed by atoms with E-state index in [1.165, 1.54) is 35.0 Å². The molecule has 0 saturated heterocycles. The fourth-order valence-corrected chi connectivity index (χ4v) is 2.52. The van der Waals surface area contributed by atoms with Gasteiger partial charge in [0.2, 0.25) is 0 Å². The second kappa shape index (κ2) is 10.9. The van der Waals surface area contributed by atoms with Gasteiger partial charge in [-0.2, -0.15) is 10.5 Å². The molecule has 0 atom stereocenters. The Morgan fingerprint density at radius 2 is 1.24 bits per heavy atom. The molecule has 0 aromatic heterocycles. The molecule has 2 N–H and O–H groups in total. The van der Waals surface area contributed by atoms with Crippen LogP contribution in [0, 0.1) is 32.8 Å². The first kappa shape index (κ1) is 27.6. The van der Waals surface area contributed by atoms with Crippen LogP contribution in [0.2, 0.25) is 0 Å². The van der Waals surface area contributed by atoms with E-state index in [2.05, 4.69) is 6.07 Å². The van der Waals surface area contributed by atoms with E-state index in [9.17, 15) is 19.7 Å². The van der Waals surface area contributed by atoms with E-state index in [-0.39, 0.29) is 17.2 Å². The van der Waals surface area contributed by atoms with Crippen LogP contribution in [0.5, 0.6) is 0 Å². The van der Waals surface area contributed by atoms with Crippen LogP contribution in [0.4, 0.5) is 11.4 Å². The van der Waals surface area contributed by atoms with E-state index in [1.807, 2.05) is 6.07 Å². The lowest BCUT2D eigenvalue weighted by Crippen LogP contribution is -2.44. The van der Waals surface area contributed by atoms with Crippen molar-refractivity contribution in [1.29, 1.82) is 10.5 Å². The Hall–Kier alpha value is -4.44. The molecule has 0 radical (unpaired) electrons. The Labute approximate surface area is 198 Å². The van der Waals surface area contributed by atoms with Crippen molar-refractivity contribution in [1.82, 2.24) is 9.80 Å². The molecule has 0 heterocycles. The minimum Gasteiger partial charge on any atom is -0.398 e. The highest BCUT2D eigenvalue weighted by Gasteiger charge is 2.31. The molecule has 0 fully saturated rings. The molecule has 2 aromatic rings. The number of nitrogens with two attached hydrogens (primary N) is 1. The number of carbonyl (C=O) groups is 2. The maximum atomic E-state index is 12.1. The molecule has 10 heteroatoms. The van der Waals surface area contributed by atoms with E-state index in [0.717, 1.165) is 0 Å². The zero-order valence-corrected chi connectivity index (χ0v) is 20.1. The summed E-state index contributed by atoms with van der Waals surface area (Å²) in [5.41, 5.74) is 4.41. The summed E-state index contributed by atoms with van der Waals surface area (Å²) in [6.45, 7) is 6.51. The summed E-state index contributed by atoms with van der Waals surface area (Å²) in [4.78, 5) is 37.0. The number of anilines is 1. The maximum absolute atomic E-state index is 12.1. The number of nitrogen functional groups attached to an aromatic ring is 1. The summed E-state index contributed by atoms with van der Waals surface area (Å²) in [6.07, 6.45) is 0. The van der Waals surface area contributed by atoms with Gasteiger partial charge in [-0.15, -0.1) is 0 Å². The van der Waals surface area contributed by atoms with Crippen molar-refractivity contribution < 1.29 is 14.5 Å². The third-order valence-corrected chi connectivity index (χ3v) is 5.36. The van der Waals surface area contributed by atoms with Crippen LogP contribution >= 0.6 is 0 Å². The van der Waals surface area contributed by atoms with Crippen molar-refractivity contribution in [2.24, 2.45) is 0 Å². The van der Waals surface area contributed by atoms with Crippen molar-refractivity contribution in [3.63, 3.8) is 0 Å². The SMILES string of the molecule is CN(C(=O)c1ccccc1N)C(C)(C)C#N.CN(C(=O)c1ccccc1[N+](=O)[O-])C(C)(C)C#N. The largest absolute Gasteiger partial charge is 0.398 e. The lowest BCUT2D eigenvalue weighted by Gasteiger charge is -2.29.